The van der Waals surface area contributed by atoms with Crippen LogP contribution in [0.3, 0.4) is 0 Å². The van der Waals surface area contributed by atoms with Crippen molar-refractivity contribution >= 4 is 23.0 Å². The fourth-order valence-electron chi connectivity index (χ4n) is 3.46. The Balaban J connectivity index is 1.95. The predicted molar refractivity (Wildman–Crippen MR) is 107 cm³/mol. The summed E-state index contributed by atoms with van der Waals surface area (Å²) in [6.45, 7) is 5.94. The Kier molecular flexibility index (Phi) is 5.55. The summed E-state index contributed by atoms with van der Waals surface area (Å²) in [5.74, 6) is 0.579. The van der Waals surface area contributed by atoms with Crippen molar-refractivity contribution in [3.05, 3.63) is 45.8 Å². The second kappa shape index (κ2) is 7.87. The summed E-state index contributed by atoms with van der Waals surface area (Å²) in [5.41, 5.74) is 2.88. The maximum atomic E-state index is 11.9. The topological polar surface area (TPSA) is 87.4 Å². The van der Waals surface area contributed by atoms with Crippen LogP contribution in [0.2, 0.25) is 0 Å². The first-order valence-electron chi connectivity index (χ1n) is 9.12. The summed E-state index contributed by atoms with van der Waals surface area (Å²) in [5, 5.41) is 15.0. The van der Waals surface area contributed by atoms with Crippen molar-refractivity contribution < 1.29 is 4.92 Å². The molecule has 27 heavy (non-hydrogen) atoms. The molecule has 1 saturated heterocycles. The first kappa shape index (κ1) is 19.0. The third kappa shape index (κ3) is 4.00. The number of nitrogens with one attached hydrogen (secondary N) is 1. The van der Waals surface area contributed by atoms with E-state index in [9.17, 15) is 10.1 Å². The van der Waals surface area contributed by atoms with Gasteiger partial charge in [0.15, 0.2) is 0 Å². The molecule has 2 aromatic rings. The molecule has 0 radical (unpaired) electrons. The maximum absolute atomic E-state index is 11.9. The third-order valence-corrected chi connectivity index (χ3v) is 5.41. The van der Waals surface area contributed by atoms with Gasteiger partial charge in [-0.1, -0.05) is 12.1 Å². The molecule has 0 atom stereocenters. The molecule has 1 N–H and O–H groups in total. The molecule has 0 unspecified atom stereocenters. The van der Waals surface area contributed by atoms with E-state index in [1.807, 2.05) is 44.0 Å². The van der Waals surface area contributed by atoms with Crippen molar-refractivity contribution in [1.29, 1.82) is 0 Å². The number of nitrogens with zero attached hydrogens (tertiary/aromatic N) is 5. The summed E-state index contributed by atoms with van der Waals surface area (Å²) in [6, 6.07) is 6.05. The van der Waals surface area contributed by atoms with Crippen molar-refractivity contribution in [3.8, 4) is 0 Å². The lowest BCUT2D eigenvalue weighted by atomic mass is 10.0. The van der Waals surface area contributed by atoms with Crippen LogP contribution >= 0.6 is 0 Å². The maximum Gasteiger partial charge on any atom is 0.353 e. The Morgan fingerprint density at radius 2 is 1.96 bits per heavy atom. The first-order valence-corrected chi connectivity index (χ1v) is 9.12. The highest BCUT2D eigenvalue weighted by Crippen LogP contribution is 2.35. The van der Waals surface area contributed by atoms with Crippen LogP contribution in [0, 0.1) is 24.0 Å². The van der Waals surface area contributed by atoms with E-state index in [1.165, 1.54) is 6.33 Å². The molecule has 0 saturated carbocycles. The summed E-state index contributed by atoms with van der Waals surface area (Å²) in [4.78, 5) is 24.1. The van der Waals surface area contributed by atoms with E-state index in [0.717, 1.165) is 42.7 Å². The van der Waals surface area contributed by atoms with Crippen molar-refractivity contribution in [2.24, 2.45) is 0 Å². The summed E-state index contributed by atoms with van der Waals surface area (Å²) < 4.78 is 0. The van der Waals surface area contributed by atoms with Gasteiger partial charge in [0.05, 0.1) is 4.92 Å². The predicted octanol–water partition coefficient (Wildman–Crippen LogP) is 3.28. The van der Waals surface area contributed by atoms with E-state index in [1.54, 1.807) is 0 Å². The molecular weight excluding hydrogens is 344 g/mol. The molecule has 8 heteroatoms. The monoisotopic (exact) mass is 370 g/mol. The lowest BCUT2D eigenvalue weighted by Crippen LogP contribution is -2.42. The van der Waals surface area contributed by atoms with Crippen molar-refractivity contribution in [1.82, 2.24) is 14.9 Å². The number of hydrogen-bond donors (Lipinski definition) is 1. The molecule has 0 aliphatic carbocycles. The third-order valence-electron chi connectivity index (χ3n) is 5.41. The minimum Gasteiger partial charge on any atom is -0.351 e. The van der Waals surface area contributed by atoms with Gasteiger partial charge in [0, 0.05) is 18.8 Å². The fourth-order valence-corrected chi connectivity index (χ4v) is 3.46. The number of nitro groups is 1. The Hall–Kier alpha value is -2.74. The average molecular weight is 370 g/mol. The molecule has 0 spiro atoms. The number of hydrogen-bond acceptors (Lipinski definition) is 7. The van der Waals surface area contributed by atoms with E-state index in [4.69, 9.17) is 0 Å². The zero-order valence-electron chi connectivity index (χ0n) is 16.3. The number of rotatable bonds is 5. The first-order chi connectivity index (χ1) is 12.9. The average Bonchev–Trinajstić information content (AvgIpc) is 2.65. The molecule has 2 heterocycles. The second-order valence-electron chi connectivity index (χ2n) is 7.17. The highest BCUT2D eigenvalue weighted by molar-refractivity contribution is 5.75. The molecule has 0 bridgehead atoms. The molecule has 1 aromatic heterocycles. The van der Waals surface area contributed by atoms with Crippen molar-refractivity contribution in [3.63, 3.8) is 0 Å². The van der Waals surface area contributed by atoms with E-state index in [2.05, 4.69) is 27.2 Å². The molecule has 1 aliphatic rings. The Bertz CT molecular complexity index is 833. The Morgan fingerprint density at radius 3 is 2.63 bits per heavy atom. The largest absolute Gasteiger partial charge is 0.353 e. The normalized spacial score (nSPS) is 15.6. The smallest absolute Gasteiger partial charge is 0.351 e. The van der Waals surface area contributed by atoms with E-state index >= 15 is 0 Å². The van der Waals surface area contributed by atoms with E-state index in [-0.39, 0.29) is 17.5 Å². The van der Waals surface area contributed by atoms with Crippen LogP contribution in [0.25, 0.3) is 0 Å². The minimum atomic E-state index is -0.395. The van der Waals surface area contributed by atoms with Crippen LogP contribution < -0.4 is 10.2 Å². The molecule has 1 aromatic carbocycles. The standard InChI is InChI=1S/C19H26N6O2/c1-13-6-5-7-16(14(13)2)22-18-17(25(26)27)19(21-12-20-18)24(4)15-8-10-23(3)11-9-15/h5-7,12,15H,8-11H2,1-4H3,(H,20,21,22). The number of anilines is 3. The SMILES string of the molecule is Cc1cccc(Nc2ncnc(N(C)C3CCN(C)CC3)c2[N+](=O)[O-])c1C. The molecule has 1 fully saturated rings. The second-order valence-corrected chi connectivity index (χ2v) is 7.17. The van der Waals surface area contributed by atoms with Gasteiger partial charge in [-0.05, 0) is 64.0 Å². The number of aryl methyl sites for hydroxylation is 1. The summed E-state index contributed by atoms with van der Waals surface area (Å²) in [7, 11) is 3.97. The quantitative estimate of drug-likeness (QED) is 0.638. The van der Waals surface area contributed by atoms with Gasteiger partial charge in [-0.2, -0.15) is 0 Å². The summed E-state index contributed by atoms with van der Waals surface area (Å²) in [6.07, 6.45) is 3.29. The Morgan fingerprint density at radius 1 is 1.26 bits per heavy atom. The van der Waals surface area contributed by atoms with Gasteiger partial charge in [0.2, 0.25) is 11.6 Å². The van der Waals surface area contributed by atoms with Gasteiger partial charge in [-0.15, -0.1) is 0 Å². The minimum absolute atomic E-state index is 0.0835. The zero-order chi connectivity index (χ0) is 19.6. The van der Waals surface area contributed by atoms with Crippen LogP contribution in [0.4, 0.5) is 23.0 Å². The molecule has 144 valence electrons. The van der Waals surface area contributed by atoms with Crippen LogP contribution in [-0.4, -0.2) is 53.0 Å². The molecule has 8 nitrogen and oxygen atoms in total. The molecule has 0 amide bonds. The molecular formula is C19H26N6O2. The van der Waals surface area contributed by atoms with E-state index in [0.29, 0.717) is 5.82 Å². The van der Waals surface area contributed by atoms with Gasteiger partial charge >= 0.3 is 5.69 Å². The highest BCUT2D eigenvalue weighted by Gasteiger charge is 2.30. The lowest BCUT2D eigenvalue weighted by molar-refractivity contribution is -0.383. The van der Waals surface area contributed by atoms with Crippen LogP contribution in [-0.2, 0) is 0 Å². The van der Waals surface area contributed by atoms with Crippen molar-refractivity contribution in [2.45, 2.75) is 32.7 Å². The van der Waals surface area contributed by atoms with Crippen LogP contribution in [0.15, 0.2) is 24.5 Å². The molecule has 1 aliphatic heterocycles. The number of aromatic nitrogens is 2. The Labute approximate surface area is 159 Å². The number of likely N-dealkylation sites (tertiary alicyclic amines) is 1. The van der Waals surface area contributed by atoms with Gasteiger partial charge in [0.1, 0.15) is 6.33 Å². The lowest BCUT2D eigenvalue weighted by Gasteiger charge is -2.35. The zero-order valence-corrected chi connectivity index (χ0v) is 16.3. The number of piperidine rings is 1. The highest BCUT2D eigenvalue weighted by atomic mass is 16.6. The van der Waals surface area contributed by atoms with Gasteiger partial charge in [0.25, 0.3) is 0 Å². The van der Waals surface area contributed by atoms with Crippen LogP contribution in [0.1, 0.15) is 24.0 Å². The molecule has 3 rings (SSSR count). The van der Waals surface area contributed by atoms with Crippen LogP contribution in [0.5, 0.6) is 0 Å². The van der Waals surface area contributed by atoms with Gasteiger partial charge in [-0.25, -0.2) is 9.97 Å². The fraction of sp³-hybridized carbons (Fsp3) is 0.474. The van der Waals surface area contributed by atoms with E-state index < -0.39 is 4.92 Å². The van der Waals surface area contributed by atoms with Gasteiger partial charge < -0.3 is 15.1 Å². The van der Waals surface area contributed by atoms with Gasteiger partial charge in [-0.3, -0.25) is 10.1 Å². The number of benzene rings is 1. The summed E-state index contributed by atoms with van der Waals surface area (Å²) >= 11 is 0. The van der Waals surface area contributed by atoms with Crippen molar-refractivity contribution in [2.75, 3.05) is 37.4 Å².